The number of carbonyl (C=O) groups excluding carboxylic acids is 1. The highest BCUT2D eigenvalue weighted by molar-refractivity contribution is 14.1. The summed E-state index contributed by atoms with van der Waals surface area (Å²) < 4.78 is 0.682. The Morgan fingerprint density at radius 1 is 0.875 bits per heavy atom. The van der Waals surface area contributed by atoms with E-state index in [9.17, 15) is 9.59 Å². The number of carbonyl (C=O) groups is 2. The Kier molecular flexibility index (Phi) is 16.7. The molecule has 0 saturated heterocycles. The fourth-order valence-electron chi connectivity index (χ4n) is 2.48. The lowest BCUT2D eigenvalue weighted by Gasteiger charge is -2.02. The maximum atomic E-state index is 11.7. The summed E-state index contributed by atoms with van der Waals surface area (Å²) in [5, 5.41) is 8.51. The third kappa shape index (κ3) is 16.2. The van der Waals surface area contributed by atoms with Crippen molar-refractivity contribution in [2.45, 2.75) is 90.4 Å². The molecular formula is C20H33IO3. The molecule has 3 nitrogen and oxygen atoms in total. The summed E-state index contributed by atoms with van der Waals surface area (Å²) in [6.07, 6.45) is 20.1. The van der Waals surface area contributed by atoms with Crippen LogP contribution in [0.5, 0.6) is 0 Å². The summed E-state index contributed by atoms with van der Waals surface area (Å²) in [5.41, 5.74) is 0. The summed E-state index contributed by atoms with van der Waals surface area (Å²) >= 11 is 2.03. The minimum Gasteiger partial charge on any atom is -0.481 e. The van der Waals surface area contributed by atoms with E-state index < -0.39 is 5.97 Å². The second-order valence-corrected chi connectivity index (χ2v) is 7.40. The zero-order valence-electron chi connectivity index (χ0n) is 15.1. The summed E-state index contributed by atoms with van der Waals surface area (Å²) in [7, 11) is 0. The molecule has 0 aliphatic carbocycles. The van der Waals surface area contributed by atoms with Gasteiger partial charge in [0.25, 0.3) is 0 Å². The summed E-state index contributed by atoms with van der Waals surface area (Å²) in [6.45, 7) is 2.25. The Labute approximate surface area is 161 Å². The molecule has 0 amide bonds. The normalized spacial score (nSPS) is 12.0. The number of rotatable bonds is 16. The van der Waals surface area contributed by atoms with Crippen molar-refractivity contribution in [2.75, 3.05) is 0 Å². The Morgan fingerprint density at radius 2 is 1.38 bits per heavy atom. The first-order valence-electron chi connectivity index (χ1n) is 9.36. The highest BCUT2D eigenvalue weighted by Gasteiger charge is 2.01. The van der Waals surface area contributed by atoms with E-state index in [1.54, 1.807) is 0 Å². The van der Waals surface area contributed by atoms with E-state index in [4.69, 9.17) is 5.11 Å². The average Bonchev–Trinajstić information content (AvgIpc) is 2.55. The number of halogens is 1. The molecule has 0 unspecified atom stereocenters. The minimum atomic E-state index is -0.918. The van der Waals surface area contributed by atoms with Crippen molar-refractivity contribution in [3.05, 3.63) is 21.8 Å². The average molecular weight is 448 g/mol. The van der Waals surface area contributed by atoms with Crippen LogP contribution < -0.4 is 0 Å². The van der Waals surface area contributed by atoms with Crippen LogP contribution in [0.4, 0.5) is 0 Å². The van der Waals surface area contributed by atoms with E-state index in [0.717, 1.165) is 12.8 Å². The Balaban J connectivity index is 3.52. The maximum absolute atomic E-state index is 11.7. The van der Waals surface area contributed by atoms with Crippen molar-refractivity contribution in [3.8, 4) is 0 Å². The van der Waals surface area contributed by atoms with E-state index in [1.165, 1.54) is 76.4 Å². The number of hydrogen-bond acceptors (Lipinski definition) is 2. The first kappa shape index (κ1) is 23.4. The van der Waals surface area contributed by atoms with Crippen LogP contribution in [0.2, 0.25) is 0 Å². The number of carboxylic acids is 1. The van der Waals surface area contributed by atoms with Crippen LogP contribution in [0.25, 0.3) is 0 Å². The first-order valence-corrected chi connectivity index (χ1v) is 10.4. The molecule has 0 aromatic rings. The van der Waals surface area contributed by atoms with Gasteiger partial charge in [-0.3, -0.25) is 9.59 Å². The van der Waals surface area contributed by atoms with Crippen LogP contribution in [0, 0.1) is 0 Å². The molecule has 0 aliphatic rings. The Hall–Kier alpha value is -0.650. The second-order valence-electron chi connectivity index (χ2n) is 6.24. The molecule has 0 spiro atoms. The van der Waals surface area contributed by atoms with Crippen LogP contribution in [-0.2, 0) is 9.59 Å². The van der Waals surface area contributed by atoms with Crippen molar-refractivity contribution in [1.82, 2.24) is 0 Å². The number of unbranched alkanes of at least 4 members (excludes halogenated alkanes) is 11. The minimum absolute atomic E-state index is 0.0973. The number of ketones is 1. The van der Waals surface area contributed by atoms with Crippen LogP contribution in [0.15, 0.2) is 21.8 Å². The number of aliphatic carboxylic acids is 1. The van der Waals surface area contributed by atoms with Gasteiger partial charge < -0.3 is 5.11 Å². The largest absolute Gasteiger partial charge is 0.481 e. The third-order valence-electron chi connectivity index (χ3n) is 3.93. The van der Waals surface area contributed by atoms with E-state index in [-0.39, 0.29) is 12.2 Å². The van der Waals surface area contributed by atoms with Crippen molar-refractivity contribution < 1.29 is 14.7 Å². The molecule has 0 saturated carbocycles. The second kappa shape index (κ2) is 17.2. The first-order chi connectivity index (χ1) is 11.6. The van der Waals surface area contributed by atoms with Gasteiger partial charge >= 0.3 is 5.97 Å². The van der Waals surface area contributed by atoms with E-state index in [1.807, 2.05) is 28.7 Å². The molecule has 4 heteroatoms. The molecule has 0 aromatic carbocycles. The lowest BCUT2D eigenvalue weighted by molar-refractivity contribution is -0.136. The smallest absolute Gasteiger partial charge is 0.307 e. The molecule has 0 heterocycles. The van der Waals surface area contributed by atoms with Crippen molar-refractivity contribution in [2.24, 2.45) is 0 Å². The molecule has 1 N–H and O–H groups in total. The monoisotopic (exact) mass is 448 g/mol. The molecule has 0 aromatic heterocycles. The molecule has 24 heavy (non-hydrogen) atoms. The van der Waals surface area contributed by atoms with Gasteiger partial charge in [0, 0.05) is 0 Å². The Bertz CT molecular complexity index is 400. The molecule has 0 bridgehead atoms. The summed E-state index contributed by atoms with van der Waals surface area (Å²) in [6, 6.07) is 0. The SMILES string of the molecule is CCCCCCCCCCCCCC=C(I)C(=O)C=CCC(=O)O. The lowest BCUT2D eigenvalue weighted by atomic mass is 10.1. The van der Waals surface area contributed by atoms with Crippen LogP contribution in [-0.4, -0.2) is 16.9 Å². The van der Waals surface area contributed by atoms with Crippen LogP contribution in [0.1, 0.15) is 90.4 Å². The van der Waals surface area contributed by atoms with Crippen molar-refractivity contribution in [3.63, 3.8) is 0 Å². The molecule has 0 atom stereocenters. The topological polar surface area (TPSA) is 54.4 Å². The van der Waals surface area contributed by atoms with Gasteiger partial charge in [-0.15, -0.1) is 0 Å². The molecule has 0 rings (SSSR count). The predicted molar refractivity (Wildman–Crippen MR) is 110 cm³/mol. The van der Waals surface area contributed by atoms with Crippen LogP contribution >= 0.6 is 22.6 Å². The van der Waals surface area contributed by atoms with Gasteiger partial charge in [0.05, 0.1) is 10.0 Å². The number of carboxylic acid groups (broad SMARTS) is 1. The molecule has 0 aliphatic heterocycles. The summed E-state index contributed by atoms with van der Waals surface area (Å²) in [5.74, 6) is -1.01. The molecular weight excluding hydrogens is 415 g/mol. The van der Waals surface area contributed by atoms with E-state index in [0.29, 0.717) is 3.58 Å². The maximum Gasteiger partial charge on any atom is 0.307 e. The lowest BCUT2D eigenvalue weighted by Crippen LogP contribution is -1.94. The highest BCUT2D eigenvalue weighted by atomic mass is 127. The Morgan fingerprint density at radius 3 is 1.88 bits per heavy atom. The number of hydrogen-bond donors (Lipinski definition) is 1. The highest BCUT2D eigenvalue weighted by Crippen LogP contribution is 2.14. The molecule has 0 radical (unpaired) electrons. The fraction of sp³-hybridized carbons (Fsp3) is 0.700. The van der Waals surface area contributed by atoms with Crippen molar-refractivity contribution >= 4 is 34.3 Å². The quantitative estimate of drug-likeness (QED) is 0.164. The van der Waals surface area contributed by atoms with Gasteiger partial charge in [-0.25, -0.2) is 0 Å². The zero-order chi connectivity index (χ0) is 18.0. The third-order valence-corrected chi connectivity index (χ3v) is 4.90. The molecule has 138 valence electrons. The predicted octanol–water partition coefficient (Wildman–Crippen LogP) is 6.61. The van der Waals surface area contributed by atoms with Crippen LogP contribution in [0.3, 0.4) is 0 Å². The van der Waals surface area contributed by atoms with Gasteiger partial charge in [0.15, 0.2) is 5.78 Å². The zero-order valence-corrected chi connectivity index (χ0v) is 17.2. The van der Waals surface area contributed by atoms with E-state index in [2.05, 4.69) is 6.92 Å². The van der Waals surface area contributed by atoms with Gasteiger partial charge in [0.2, 0.25) is 0 Å². The van der Waals surface area contributed by atoms with Gasteiger partial charge in [-0.1, -0.05) is 83.3 Å². The van der Waals surface area contributed by atoms with Gasteiger partial charge in [-0.05, 0) is 41.5 Å². The van der Waals surface area contributed by atoms with E-state index >= 15 is 0 Å². The summed E-state index contributed by atoms with van der Waals surface area (Å²) in [4.78, 5) is 22.1. The fourth-order valence-corrected chi connectivity index (χ4v) is 2.98. The standard InChI is InChI=1S/C20H33IO3/c1-2-3-4-5-6-7-8-9-10-11-12-13-15-18(21)19(22)16-14-17-20(23)24/h14-16H,2-13,17H2,1H3,(H,23,24). The number of allylic oxidation sites excluding steroid dienone is 3. The van der Waals surface area contributed by atoms with Gasteiger partial charge in [0.1, 0.15) is 0 Å². The van der Waals surface area contributed by atoms with Crippen molar-refractivity contribution in [1.29, 1.82) is 0 Å². The van der Waals surface area contributed by atoms with Gasteiger partial charge in [-0.2, -0.15) is 0 Å². The molecule has 0 fully saturated rings.